The number of rotatable bonds is 3. The lowest BCUT2D eigenvalue weighted by Crippen LogP contribution is -2.00. The molecule has 0 unspecified atom stereocenters. The van der Waals surface area contributed by atoms with E-state index in [1.807, 2.05) is 0 Å². The van der Waals surface area contributed by atoms with Gasteiger partial charge in [0.1, 0.15) is 0 Å². The smallest absolute Gasteiger partial charge is 0.336 e. The predicted octanol–water partition coefficient (Wildman–Crippen LogP) is 5.14. The summed E-state index contributed by atoms with van der Waals surface area (Å²) in [7, 11) is 0. The van der Waals surface area contributed by atoms with E-state index in [1.54, 1.807) is 30.4 Å². The van der Waals surface area contributed by atoms with Crippen LogP contribution < -0.4 is 0 Å². The molecule has 0 aliphatic heterocycles. The highest BCUT2D eigenvalue weighted by Gasteiger charge is 2.11. The van der Waals surface area contributed by atoms with E-state index in [4.69, 9.17) is 0 Å². The van der Waals surface area contributed by atoms with Gasteiger partial charge in [0, 0.05) is 9.86 Å². The zero-order chi connectivity index (χ0) is 17.3. The summed E-state index contributed by atoms with van der Waals surface area (Å²) in [4.78, 5) is 15.9. The van der Waals surface area contributed by atoms with E-state index in [2.05, 4.69) is 20.9 Å². The maximum atomic E-state index is 13.2. The van der Waals surface area contributed by atoms with Crippen molar-refractivity contribution in [1.29, 1.82) is 0 Å². The minimum atomic E-state index is -1.07. The van der Waals surface area contributed by atoms with Crippen LogP contribution in [0.25, 0.3) is 23.1 Å². The topological polar surface area (TPSA) is 50.2 Å². The lowest BCUT2D eigenvalue weighted by atomic mass is 10.1. The Morgan fingerprint density at radius 3 is 2.54 bits per heavy atom. The summed E-state index contributed by atoms with van der Waals surface area (Å²) >= 11 is 3.31. The maximum absolute atomic E-state index is 13.2. The minimum absolute atomic E-state index is 0.117. The lowest BCUT2D eigenvalue weighted by Gasteiger charge is -2.05. The van der Waals surface area contributed by atoms with Gasteiger partial charge in [0.05, 0.1) is 16.8 Å². The highest BCUT2D eigenvalue weighted by molar-refractivity contribution is 9.10. The fourth-order valence-corrected chi connectivity index (χ4v) is 2.64. The zero-order valence-electron chi connectivity index (χ0n) is 12.1. The number of carboxylic acids is 1. The van der Waals surface area contributed by atoms with Crippen molar-refractivity contribution in [2.24, 2.45) is 0 Å². The van der Waals surface area contributed by atoms with Crippen LogP contribution in [0, 0.1) is 11.6 Å². The summed E-state index contributed by atoms with van der Waals surface area (Å²) in [6.45, 7) is 0. The molecule has 2 aromatic carbocycles. The molecule has 0 atom stereocenters. The van der Waals surface area contributed by atoms with Gasteiger partial charge in [-0.15, -0.1) is 0 Å². The first-order valence-electron chi connectivity index (χ1n) is 6.91. The molecule has 3 aromatic rings. The van der Waals surface area contributed by atoms with Gasteiger partial charge >= 0.3 is 5.97 Å². The standard InChI is InChI=1S/C18H10BrF2NO2/c19-11-3-6-17-13(8-11)14(18(23)24)9-12(22-17)4-1-10-2-5-15(20)16(21)7-10/h1-9H,(H,23,24)/b4-1+. The number of benzene rings is 2. The second-order valence-electron chi connectivity index (χ2n) is 5.07. The first kappa shape index (κ1) is 16.3. The number of aromatic carboxylic acids is 1. The zero-order valence-corrected chi connectivity index (χ0v) is 13.7. The Balaban J connectivity index is 2.06. The second-order valence-corrected chi connectivity index (χ2v) is 5.98. The normalized spacial score (nSPS) is 11.3. The third-order valence-electron chi connectivity index (χ3n) is 3.41. The Morgan fingerprint density at radius 1 is 1.04 bits per heavy atom. The van der Waals surface area contributed by atoms with Crippen LogP contribution in [0.15, 0.2) is 46.9 Å². The molecule has 0 saturated carbocycles. The number of carboxylic acid groups (broad SMARTS) is 1. The van der Waals surface area contributed by atoms with Crippen LogP contribution in [0.2, 0.25) is 0 Å². The van der Waals surface area contributed by atoms with Crippen LogP contribution in [0.5, 0.6) is 0 Å². The van der Waals surface area contributed by atoms with Gasteiger partial charge in [-0.2, -0.15) is 0 Å². The Labute approximate surface area is 144 Å². The van der Waals surface area contributed by atoms with Crippen LogP contribution in [0.3, 0.4) is 0 Å². The number of hydrogen-bond donors (Lipinski definition) is 1. The molecular formula is C18H10BrF2NO2. The number of hydrogen-bond acceptors (Lipinski definition) is 2. The number of halogens is 3. The molecule has 0 spiro atoms. The van der Waals surface area contributed by atoms with Crippen LogP contribution in [0.4, 0.5) is 8.78 Å². The van der Waals surface area contributed by atoms with E-state index in [1.165, 1.54) is 12.1 Å². The molecule has 1 N–H and O–H groups in total. The molecule has 24 heavy (non-hydrogen) atoms. The monoisotopic (exact) mass is 389 g/mol. The van der Waals surface area contributed by atoms with Crippen LogP contribution in [-0.4, -0.2) is 16.1 Å². The van der Waals surface area contributed by atoms with Crippen LogP contribution >= 0.6 is 15.9 Å². The summed E-state index contributed by atoms with van der Waals surface area (Å²) < 4.78 is 26.9. The van der Waals surface area contributed by atoms with Gasteiger partial charge in [0.15, 0.2) is 11.6 Å². The average Bonchev–Trinajstić information content (AvgIpc) is 2.55. The van der Waals surface area contributed by atoms with E-state index in [0.717, 1.165) is 16.6 Å². The third-order valence-corrected chi connectivity index (χ3v) is 3.90. The van der Waals surface area contributed by atoms with E-state index in [0.29, 0.717) is 22.2 Å². The SMILES string of the molecule is O=C(O)c1cc(/C=C/c2ccc(F)c(F)c2)nc2ccc(Br)cc12. The van der Waals surface area contributed by atoms with Crippen molar-refractivity contribution in [3.63, 3.8) is 0 Å². The molecule has 0 amide bonds. The van der Waals surface area contributed by atoms with E-state index in [9.17, 15) is 18.7 Å². The van der Waals surface area contributed by atoms with Crippen molar-refractivity contribution >= 4 is 45.0 Å². The third kappa shape index (κ3) is 3.33. The molecule has 120 valence electrons. The Kier molecular flexibility index (Phi) is 4.40. The number of aromatic nitrogens is 1. The van der Waals surface area contributed by atoms with Crippen molar-refractivity contribution in [1.82, 2.24) is 4.98 Å². The van der Waals surface area contributed by atoms with E-state index >= 15 is 0 Å². The Morgan fingerprint density at radius 2 is 1.83 bits per heavy atom. The van der Waals surface area contributed by atoms with E-state index in [-0.39, 0.29) is 5.56 Å². The summed E-state index contributed by atoms with van der Waals surface area (Å²) in [5, 5.41) is 9.91. The molecule has 0 bridgehead atoms. The molecular weight excluding hydrogens is 380 g/mol. The fourth-order valence-electron chi connectivity index (χ4n) is 2.28. The number of pyridine rings is 1. The van der Waals surface area contributed by atoms with Crippen molar-refractivity contribution in [3.05, 3.63) is 75.4 Å². The molecule has 0 radical (unpaired) electrons. The Bertz CT molecular complexity index is 986. The van der Waals surface area contributed by atoms with Crippen molar-refractivity contribution in [2.75, 3.05) is 0 Å². The summed E-state index contributed by atoms with van der Waals surface area (Å²) in [6, 6.07) is 10.1. The number of nitrogens with zero attached hydrogens (tertiary/aromatic N) is 1. The first-order chi connectivity index (χ1) is 11.4. The fraction of sp³-hybridized carbons (Fsp3) is 0. The van der Waals surface area contributed by atoms with Crippen LogP contribution in [0.1, 0.15) is 21.6 Å². The van der Waals surface area contributed by atoms with Crippen molar-refractivity contribution in [3.8, 4) is 0 Å². The molecule has 3 nitrogen and oxygen atoms in total. The second kappa shape index (κ2) is 6.49. The minimum Gasteiger partial charge on any atom is -0.478 e. The van der Waals surface area contributed by atoms with E-state index < -0.39 is 17.6 Å². The van der Waals surface area contributed by atoms with Gasteiger partial charge in [-0.05, 0) is 48.0 Å². The molecule has 0 aliphatic carbocycles. The largest absolute Gasteiger partial charge is 0.478 e. The van der Waals surface area contributed by atoms with Gasteiger partial charge in [-0.3, -0.25) is 0 Å². The number of fused-ring (bicyclic) bond motifs is 1. The lowest BCUT2D eigenvalue weighted by molar-refractivity contribution is 0.0699. The summed E-state index contributed by atoms with van der Waals surface area (Å²) in [5.41, 5.74) is 1.50. The maximum Gasteiger partial charge on any atom is 0.336 e. The molecule has 0 aliphatic rings. The molecule has 6 heteroatoms. The molecule has 1 aromatic heterocycles. The van der Waals surface area contributed by atoms with Gasteiger partial charge in [-0.25, -0.2) is 18.6 Å². The highest BCUT2D eigenvalue weighted by Crippen LogP contribution is 2.24. The van der Waals surface area contributed by atoms with Gasteiger partial charge in [0.2, 0.25) is 0 Å². The van der Waals surface area contributed by atoms with Gasteiger partial charge in [-0.1, -0.05) is 28.1 Å². The quantitative estimate of drug-likeness (QED) is 0.674. The number of carbonyl (C=O) groups is 1. The van der Waals surface area contributed by atoms with Gasteiger partial charge < -0.3 is 5.11 Å². The molecule has 1 heterocycles. The first-order valence-corrected chi connectivity index (χ1v) is 7.70. The Hall–Kier alpha value is -2.60. The van der Waals surface area contributed by atoms with Crippen LogP contribution in [-0.2, 0) is 0 Å². The average molecular weight is 390 g/mol. The molecule has 0 fully saturated rings. The highest BCUT2D eigenvalue weighted by atomic mass is 79.9. The summed E-state index contributed by atoms with van der Waals surface area (Å²) in [5.74, 6) is -2.93. The molecule has 3 rings (SSSR count). The van der Waals surface area contributed by atoms with Gasteiger partial charge in [0.25, 0.3) is 0 Å². The predicted molar refractivity (Wildman–Crippen MR) is 91.7 cm³/mol. The summed E-state index contributed by atoms with van der Waals surface area (Å²) in [6.07, 6.45) is 3.10. The van der Waals surface area contributed by atoms with Crippen molar-refractivity contribution < 1.29 is 18.7 Å². The van der Waals surface area contributed by atoms with Crippen molar-refractivity contribution in [2.45, 2.75) is 0 Å². The molecule has 0 saturated heterocycles.